The lowest BCUT2D eigenvalue weighted by Crippen LogP contribution is -2.42. The predicted molar refractivity (Wildman–Crippen MR) is 80.4 cm³/mol. The summed E-state index contributed by atoms with van der Waals surface area (Å²) in [4.78, 5) is 0. The van der Waals surface area contributed by atoms with Crippen molar-refractivity contribution in [1.29, 1.82) is 5.26 Å². The molecule has 5 nitrogen and oxygen atoms in total. The molecule has 0 spiro atoms. The van der Waals surface area contributed by atoms with Crippen LogP contribution < -0.4 is 4.74 Å². The Kier molecular flexibility index (Phi) is 4.00. The lowest BCUT2D eigenvalue weighted by atomic mass is 9.89. The topological polar surface area (TPSA) is 70.4 Å². The standard InChI is InChI=1S/C15H20N2O3S/c1-5-21(18,19)17(4)13-9-15(2,3)20-14-7-6-11(10-16)8-12(13)14/h6-8,13H,5,9H2,1-4H3. The lowest BCUT2D eigenvalue weighted by molar-refractivity contribution is 0.0541. The van der Waals surface area contributed by atoms with Crippen LogP contribution in [0.15, 0.2) is 18.2 Å². The number of benzene rings is 1. The van der Waals surface area contributed by atoms with Crippen LogP contribution >= 0.6 is 0 Å². The monoisotopic (exact) mass is 308 g/mol. The molecule has 2 rings (SSSR count). The average molecular weight is 308 g/mol. The molecule has 1 aromatic rings. The Morgan fingerprint density at radius 2 is 2.14 bits per heavy atom. The van der Waals surface area contributed by atoms with Crippen molar-refractivity contribution in [2.75, 3.05) is 12.8 Å². The Labute approximate surface area is 126 Å². The second-order valence-corrected chi connectivity index (χ2v) is 8.18. The number of hydrogen-bond acceptors (Lipinski definition) is 4. The molecule has 0 radical (unpaired) electrons. The Morgan fingerprint density at radius 3 is 2.71 bits per heavy atom. The fourth-order valence-corrected chi connectivity index (χ4v) is 3.59. The number of fused-ring (bicyclic) bond motifs is 1. The molecule has 0 aliphatic carbocycles. The van der Waals surface area contributed by atoms with E-state index in [-0.39, 0.29) is 11.8 Å². The zero-order chi connectivity index (χ0) is 15.8. The van der Waals surface area contributed by atoms with Crippen molar-refractivity contribution in [1.82, 2.24) is 4.31 Å². The number of hydrogen-bond donors (Lipinski definition) is 0. The van der Waals surface area contributed by atoms with Crippen molar-refractivity contribution in [2.24, 2.45) is 0 Å². The maximum Gasteiger partial charge on any atom is 0.214 e. The maximum atomic E-state index is 12.2. The van der Waals surface area contributed by atoms with Gasteiger partial charge in [-0.15, -0.1) is 0 Å². The summed E-state index contributed by atoms with van der Waals surface area (Å²) in [6.45, 7) is 5.50. The summed E-state index contributed by atoms with van der Waals surface area (Å²) in [6, 6.07) is 6.92. The first-order valence-corrected chi connectivity index (χ1v) is 8.50. The van der Waals surface area contributed by atoms with E-state index in [1.807, 2.05) is 13.8 Å². The van der Waals surface area contributed by atoms with Gasteiger partial charge >= 0.3 is 0 Å². The smallest absolute Gasteiger partial charge is 0.214 e. The minimum Gasteiger partial charge on any atom is -0.487 e. The largest absolute Gasteiger partial charge is 0.487 e. The Hall–Kier alpha value is -1.58. The van der Waals surface area contributed by atoms with Crippen LogP contribution in [0.4, 0.5) is 0 Å². The van der Waals surface area contributed by atoms with Crippen LogP contribution in [0.1, 0.15) is 44.4 Å². The number of nitriles is 1. The molecular weight excluding hydrogens is 288 g/mol. The van der Waals surface area contributed by atoms with E-state index < -0.39 is 15.6 Å². The van der Waals surface area contributed by atoms with Gasteiger partial charge in [0.1, 0.15) is 11.4 Å². The third kappa shape index (κ3) is 3.04. The van der Waals surface area contributed by atoms with E-state index in [1.54, 1.807) is 32.2 Å². The van der Waals surface area contributed by atoms with E-state index in [2.05, 4.69) is 6.07 Å². The molecule has 114 valence electrons. The third-order valence-electron chi connectivity index (χ3n) is 3.81. The van der Waals surface area contributed by atoms with Gasteiger partial charge in [0.05, 0.1) is 23.4 Å². The number of ether oxygens (including phenoxy) is 1. The van der Waals surface area contributed by atoms with E-state index in [9.17, 15) is 8.42 Å². The molecule has 6 heteroatoms. The van der Waals surface area contributed by atoms with Gasteiger partial charge in [0.15, 0.2) is 0 Å². The molecule has 0 N–H and O–H groups in total. The third-order valence-corrected chi connectivity index (χ3v) is 5.67. The summed E-state index contributed by atoms with van der Waals surface area (Å²) >= 11 is 0. The lowest BCUT2D eigenvalue weighted by Gasteiger charge is -2.40. The van der Waals surface area contributed by atoms with E-state index in [4.69, 9.17) is 10.00 Å². The maximum absolute atomic E-state index is 12.2. The van der Waals surface area contributed by atoms with E-state index in [0.29, 0.717) is 17.7 Å². The van der Waals surface area contributed by atoms with Gasteiger partial charge in [-0.3, -0.25) is 0 Å². The van der Waals surface area contributed by atoms with Crippen molar-refractivity contribution < 1.29 is 13.2 Å². The van der Waals surface area contributed by atoms with Crippen LogP contribution in [0, 0.1) is 11.3 Å². The molecule has 1 heterocycles. The summed E-state index contributed by atoms with van der Waals surface area (Å²) < 4.78 is 31.7. The molecule has 0 fully saturated rings. The molecular formula is C15H20N2O3S. The van der Waals surface area contributed by atoms with Crippen LogP contribution in [-0.2, 0) is 10.0 Å². The SMILES string of the molecule is CCS(=O)(=O)N(C)C1CC(C)(C)Oc2ccc(C#N)cc21. The fraction of sp³-hybridized carbons (Fsp3) is 0.533. The van der Waals surface area contributed by atoms with Crippen LogP contribution in [0.2, 0.25) is 0 Å². The summed E-state index contributed by atoms with van der Waals surface area (Å²) in [5.74, 6) is 0.697. The minimum absolute atomic E-state index is 0.0502. The van der Waals surface area contributed by atoms with Gasteiger partial charge in [-0.25, -0.2) is 8.42 Å². The van der Waals surface area contributed by atoms with Crippen LogP contribution in [0.25, 0.3) is 0 Å². The zero-order valence-corrected chi connectivity index (χ0v) is 13.6. The molecule has 1 aromatic carbocycles. The molecule has 1 aliphatic heterocycles. The van der Waals surface area contributed by atoms with Crippen molar-refractivity contribution in [2.45, 2.75) is 38.8 Å². The highest BCUT2D eigenvalue weighted by molar-refractivity contribution is 7.89. The molecule has 1 atom stereocenters. The Balaban J connectivity index is 2.55. The van der Waals surface area contributed by atoms with E-state index in [1.165, 1.54) is 4.31 Å². The van der Waals surface area contributed by atoms with Crippen molar-refractivity contribution in [3.63, 3.8) is 0 Å². The second kappa shape index (κ2) is 5.32. The summed E-state index contributed by atoms with van der Waals surface area (Å²) in [7, 11) is -1.72. The summed E-state index contributed by atoms with van der Waals surface area (Å²) in [5.41, 5.74) is 0.806. The normalized spacial score (nSPS) is 20.5. The predicted octanol–water partition coefficient (Wildman–Crippen LogP) is 2.44. The molecule has 1 unspecified atom stereocenters. The first kappa shape index (κ1) is 15.8. The molecule has 0 aromatic heterocycles. The Bertz CT molecular complexity index is 689. The highest BCUT2D eigenvalue weighted by Crippen LogP contribution is 2.43. The van der Waals surface area contributed by atoms with Crippen molar-refractivity contribution >= 4 is 10.0 Å². The molecule has 0 saturated carbocycles. The van der Waals surface area contributed by atoms with Gasteiger partial charge < -0.3 is 4.74 Å². The van der Waals surface area contributed by atoms with Crippen molar-refractivity contribution in [3.8, 4) is 11.8 Å². The molecule has 0 bridgehead atoms. The van der Waals surface area contributed by atoms with Gasteiger partial charge in [0.2, 0.25) is 10.0 Å². The first-order chi connectivity index (χ1) is 9.70. The first-order valence-electron chi connectivity index (χ1n) is 6.89. The highest BCUT2D eigenvalue weighted by atomic mass is 32.2. The van der Waals surface area contributed by atoms with E-state index >= 15 is 0 Å². The van der Waals surface area contributed by atoms with Crippen LogP contribution in [0.5, 0.6) is 5.75 Å². The molecule has 21 heavy (non-hydrogen) atoms. The van der Waals surface area contributed by atoms with Gasteiger partial charge in [0, 0.05) is 19.0 Å². The van der Waals surface area contributed by atoms with Crippen molar-refractivity contribution in [3.05, 3.63) is 29.3 Å². The zero-order valence-electron chi connectivity index (χ0n) is 12.8. The van der Waals surface area contributed by atoms with Crippen LogP contribution in [0.3, 0.4) is 0 Å². The van der Waals surface area contributed by atoms with Gasteiger partial charge in [-0.1, -0.05) is 0 Å². The van der Waals surface area contributed by atoms with Gasteiger partial charge in [-0.2, -0.15) is 9.57 Å². The fourth-order valence-electron chi connectivity index (χ4n) is 2.61. The summed E-state index contributed by atoms with van der Waals surface area (Å²) in [6.07, 6.45) is 0.546. The van der Waals surface area contributed by atoms with E-state index in [0.717, 1.165) is 5.56 Å². The molecule has 1 aliphatic rings. The quantitative estimate of drug-likeness (QED) is 0.860. The number of nitrogens with zero attached hydrogens (tertiary/aromatic N) is 2. The van der Waals surface area contributed by atoms with Gasteiger partial charge in [0.25, 0.3) is 0 Å². The average Bonchev–Trinajstić information content (AvgIpc) is 2.44. The number of sulfonamides is 1. The molecule has 0 saturated heterocycles. The molecule has 0 amide bonds. The van der Waals surface area contributed by atoms with Gasteiger partial charge in [-0.05, 0) is 39.0 Å². The summed E-state index contributed by atoms with van der Waals surface area (Å²) in [5, 5.41) is 9.05. The second-order valence-electron chi connectivity index (χ2n) is 5.86. The highest BCUT2D eigenvalue weighted by Gasteiger charge is 2.39. The number of rotatable bonds is 3. The van der Waals surface area contributed by atoms with Crippen LogP contribution in [-0.4, -0.2) is 31.1 Å². The Morgan fingerprint density at radius 1 is 1.48 bits per heavy atom. The minimum atomic E-state index is -3.32.